The number of rotatable bonds is 7. The van der Waals surface area contributed by atoms with Crippen LogP contribution in [0.5, 0.6) is 11.5 Å². The molecule has 1 fully saturated rings. The Hall–Kier alpha value is -1.26. The third-order valence-electron chi connectivity index (χ3n) is 4.35. The molecule has 0 heterocycles. The number of hydrogen-bond acceptors (Lipinski definition) is 4. The first kappa shape index (κ1) is 15.1. The van der Waals surface area contributed by atoms with E-state index in [1.165, 1.54) is 6.42 Å². The van der Waals surface area contributed by atoms with E-state index in [0.717, 1.165) is 35.4 Å². The fourth-order valence-electron chi connectivity index (χ4n) is 2.79. The maximum absolute atomic E-state index is 6.00. The third-order valence-corrected chi connectivity index (χ3v) is 4.35. The molecule has 3 unspecified atom stereocenters. The Morgan fingerprint density at radius 3 is 2.55 bits per heavy atom. The molecule has 0 amide bonds. The Morgan fingerprint density at radius 1 is 1.35 bits per heavy atom. The van der Waals surface area contributed by atoms with Gasteiger partial charge in [0.25, 0.3) is 0 Å². The van der Waals surface area contributed by atoms with E-state index in [9.17, 15) is 0 Å². The molecule has 0 radical (unpaired) electrons. The second kappa shape index (κ2) is 6.46. The quantitative estimate of drug-likeness (QED) is 0.831. The molecule has 1 aliphatic rings. The van der Waals surface area contributed by atoms with Gasteiger partial charge in [-0.25, -0.2) is 0 Å². The molecule has 1 saturated carbocycles. The van der Waals surface area contributed by atoms with Gasteiger partial charge in [0, 0.05) is 24.7 Å². The third kappa shape index (κ3) is 3.25. The highest BCUT2D eigenvalue weighted by atomic mass is 16.5. The van der Waals surface area contributed by atoms with Gasteiger partial charge in [0.1, 0.15) is 11.5 Å². The van der Waals surface area contributed by atoms with E-state index >= 15 is 0 Å². The molecule has 0 saturated heterocycles. The minimum Gasteiger partial charge on any atom is -0.497 e. The first-order valence-corrected chi connectivity index (χ1v) is 7.23. The second-order valence-electron chi connectivity index (χ2n) is 5.77. The second-order valence-corrected chi connectivity index (χ2v) is 5.77. The summed E-state index contributed by atoms with van der Waals surface area (Å²) in [5, 5.41) is 0. The molecule has 1 aromatic rings. The van der Waals surface area contributed by atoms with Crippen LogP contribution in [0.3, 0.4) is 0 Å². The molecular weight excluding hydrogens is 252 g/mol. The van der Waals surface area contributed by atoms with Gasteiger partial charge in [-0.3, -0.25) is 4.90 Å². The predicted octanol–water partition coefficient (Wildman–Crippen LogP) is 2.29. The van der Waals surface area contributed by atoms with Crippen LogP contribution in [0.25, 0.3) is 0 Å². The predicted molar refractivity (Wildman–Crippen MR) is 81.2 cm³/mol. The van der Waals surface area contributed by atoms with E-state index in [-0.39, 0.29) is 6.04 Å². The van der Waals surface area contributed by atoms with Crippen molar-refractivity contribution in [1.29, 1.82) is 0 Å². The zero-order valence-electron chi connectivity index (χ0n) is 12.9. The topological polar surface area (TPSA) is 47.7 Å². The molecule has 112 valence electrons. The van der Waals surface area contributed by atoms with Gasteiger partial charge in [0.05, 0.1) is 20.3 Å². The van der Waals surface area contributed by atoms with Crippen LogP contribution in [0.1, 0.15) is 24.9 Å². The Bertz CT molecular complexity index is 450. The van der Waals surface area contributed by atoms with E-state index in [2.05, 4.69) is 24.9 Å². The van der Waals surface area contributed by atoms with E-state index < -0.39 is 0 Å². The molecule has 0 spiro atoms. The monoisotopic (exact) mass is 278 g/mol. The van der Waals surface area contributed by atoms with Gasteiger partial charge in [0.15, 0.2) is 0 Å². The number of benzene rings is 1. The number of hydrogen-bond donors (Lipinski definition) is 1. The highest BCUT2D eigenvalue weighted by Gasteiger charge is 2.34. The minimum atomic E-state index is 0.184. The lowest BCUT2D eigenvalue weighted by atomic mass is 10.0. The number of methoxy groups -OCH3 is 2. The first-order valence-electron chi connectivity index (χ1n) is 7.23. The lowest BCUT2D eigenvalue weighted by Crippen LogP contribution is -2.32. The molecule has 1 aromatic carbocycles. The summed E-state index contributed by atoms with van der Waals surface area (Å²) in [6.45, 7) is 3.99. The molecule has 0 bridgehead atoms. The largest absolute Gasteiger partial charge is 0.497 e. The standard InChI is InChI=1S/C16H26N2O2/c1-11-7-12(11)10-18(2)15(9-17)14-6-5-13(19-3)8-16(14)20-4/h5-6,8,11-12,15H,7,9-10,17H2,1-4H3. The van der Waals surface area contributed by atoms with Crippen molar-refractivity contribution in [2.75, 3.05) is 34.4 Å². The van der Waals surface area contributed by atoms with E-state index in [1.54, 1.807) is 14.2 Å². The van der Waals surface area contributed by atoms with Crippen LogP contribution >= 0.6 is 0 Å². The molecule has 4 heteroatoms. The fraction of sp³-hybridized carbons (Fsp3) is 0.625. The van der Waals surface area contributed by atoms with Crippen LogP contribution in [0, 0.1) is 11.8 Å². The number of nitrogens with zero attached hydrogens (tertiary/aromatic N) is 1. The molecule has 0 aromatic heterocycles. The maximum Gasteiger partial charge on any atom is 0.127 e. The van der Waals surface area contributed by atoms with Gasteiger partial charge in [-0.15, -0.1) is 0 Å². The van der Waals surface area contributed by atoms with Crippen LogP contribution in [-0.2, 0) is 0 Å². The van der Waals surface area contributed by atoms with E-state index in [0.29, 0.717) is 6.54 Å². The van der Waals surface area contributed by atoms with Crippen LogP contribution < -0.4 is 15.2 Å². The van der Waals surface area contributed by atoms with Crippen molar-refractivity contribution in [3.05, 3.63) is 23.8 Å². The van der Waals surface area contributed by atoms with Crippen LogP contribution in [0.4, 0.5) is 0 Å². The normalized spacial score (nSPS) is 22.7. The van der Waals surface area contributed by atoms with Crippen molar-refractivity contribution in [1.82, 2.24) is 4.90 Å². The smallest absolute Gasteiger partial charge is 0.127 e. The molecular formula is C16H26N2O2. The summed E-state index contributed by atoms with van der Waals surface area (Å²) >= 11 is 0. The molecule has 0 aliphatic heterocycles. The Balaban J connectivity index is 2.17. The maximum atomic E-state index is 6.00. The average Bonchev–Trinajstić information content (AvgIpc) is 3.15. The summed E-state index contributed by atoms with van der Waals surface area (Å²) in [7, 11) is 5.50. The van der Waals surface area contributed by atoms with Gasteiger partial charge in [-0.2, -0.15) is 0 Å². The summed E-state index contributed by atoms with van der Waals surface area (Å²) < 4.78 is 10.7. The first-order chi connectivity index (χ1) is 9.60. The van der Waals surface area contributed by atoms with Crippen LogP contribution in [-0.4, -0.2) is 39.3 Å². The number of nitrogens with two attached hydrogens (primary N) is 1. The van der Waals surface area contributed by atoms with Crippen molar-refractivity contribution in [2.24, 2.45) is 17.6 Å². The average molecular weight is 278 g/mol. The van der Waals surface area contributed by atoms with E-state index in [1.807, 2.05) is 12.1 Å². The molecule has 2 N–H and O–H groups in total. The van der Waals surface area contributed by atoms with Crippen LogP contribution in [0.2, 0.25) is 0 Å². The summed E-state index contributed by atoms with van der Waals surface area (Å²) in [4.78, 5) is 2.35. The van der Waals surface area contributed by atoms with Gasteiger partial charge in [-0.1, -0.05) is 13.0 Å². The van der Waals surface area contributed by atoms with E-state index in [4.69, 9.17) is 15.2 Å². The van der Waals surface area contributed by atoms with Crippen molar-refractivity contribution in [3.8, 4) is 11.5 Å². The molecule has 1 aliphatic carbocycles. The van der Waals surface area contributed by atoms with Crippen molar-refractivity contribution in [2.45, 2.75) is 19.4 Å². The highest BCUT2D eigenvalue weighted by Crippen LogP contribution is 2.40. The number of likely N-dealkylation sites (N-methyl/N-ethyl adjacent to an activating group) is 1. The van der Waals surface area contributed by atoms with Crippen molar-refractivity contribution < 1.29 is 9.47 Å². The van der Waals surface area contributed by atoms with Crippen molar-refractivity contribution >= 4 is 0 Å². The SMILES string of the molecule is COc1ccc(C(CN)N(C)CC2CC2C)c(OC)c1. The molecule has 2 rings (SSSR count). The lowest BCUT2D eigenvalue weighted by Gasteiger charge is -2.28. The van der Waals surface area contributed by atoms with Gasteiger partial charge >= 0.3 is 0 Å². The lowest BCUT2D eigenvalue weighted by molar-refractivity contribution is 0.231. The van der Waals surface area contributed by atoms with Gasteiger partial charge in [0.2, 0.25) is 0 Å². The summed E-state index contributed by atoms with van der Waals surface area (Å²) in [6, 6.07) is 6.13. The number of ether oxygens (including phenoxy) is 2. The van der Waals surface area contributed by atoms with Crippen molar-refractivity contribution in [3.63, 3.8) is 0 Å². The molecule has 3 atom stereocenters. The fourth-order valence-corrected chi connectivity index (χ4v) is 2.79. The Labute approximate surface area is 121 Å². The zero-order chi connectivity index (χ0) is 14.7. The summed E-state index contributed by atoms with van der Waals surface area (Å²) in [5.74, 6) is 3.32. The Morgan fingerprint density at radius 2 is 2.05 bits per heavy atom. The van der Waals surface area contributed by atoms with Gasteiger partial charge < -0.3 is 15.2 Å². The zero-order valence-corrected chi connectivity index (χ0v) is 12.9. The minimum absolute atomic E-state index is 0.184. The molecule has 20 heavy (non-hydrogen) atoms. The highest BCUT2D eigenvalue weighted by molar-refractivity contribution is 5.42. The van der Waals surface area contributed by atoms with Crippen LogP contribution in [0.15, 0.2) is 18.2 Å². The van der Waals surface area contributed by atoms with Gasteiger partial charge in [-0.05, 0) is 31.4 Å². The summed E-state index contributed by atoms with van der Waals surface area (Å²) in [6.07, 6.45) is 1.33. The Kier molecular flexibility index (Phi) is 4.89. The molecule has 4 nitrogen and oxygen atoms in total. The summed E-state index contributed by atoms with van der Waals surface area (Å²) in [5.41, 5.74) is 7.13.